The molecule has 0 spiro atoms. The number of amidine groups is 1. The normalized spacial score (nSPS) is 17.1. The van der Waals surface area contributed by atoms with E-state index in [1.165, 1.54) is 0 Å². The number of hydrazone groups is 1. The summed E-state index contributed by atoms with van der Waals surface area (Å²) in [7, 11) is 0. The average Bonchev–Trinajstić information content (AvgIpc) is 2.55. The van der Waals surface area contributed by atoms with Gasteiger partial charge in [0.25, 0.3) is 0 Å². The lowest BCUT2D eigenvalue weighted by Crippen LogP contribution is -2.10. The molecule has 1 aliphatic heterocycles. The lowest BCUT2D eigenvalue weighted by atomic mass is 10.4. The minimum Gasteiger partial charge on any atom is -0.386 e. The Kier molecular flexibility index (Phi) is 1.50. The third-order valence-electron chi connectivity index (χ3n) is 1.47. The Bertz CT molecular complexity index is 266. The maximum Gasteiger partial charge on any atom is 0.205 e. The van der Waals surface area contributed by atoms with Crippen LogP contribution in [0.4, 0.5) is 5.13 Å². The van der Waals surface area contributed by atoms with Gasteiger partial charge in [-0.1, -0.05) is 0 Å². The van der Waals surface area contributed by atoms with E-state index >= 15 is 0 Å². The molecule has 0 radical (unpaired) electrons. The fourth-order valence-electron chi connectivity index (χ4n) is 0.957. The van der Waals surface area contributed by atoms with E-state index in [4.69, 9.17) is 5.73 Å². The third-order valence-corrected chi connectivity index (χ3v) is 2.25. The molecule has 2 rings (SSSR count). The van der Waals surface area contributed by atoms with Crippen LogP contribution in [-0.4, -0.2) is 17.4 Å². The van der Waals surface area contributed by atoms with Crippen molar-refractivity contribution in [1.82, 2.24) is 4.98 Å². The highest BCUT2D eigenvalue weighted by Crippen LogP contribution is 2.20. The van der Waals surface area contributed by atoms with Gasteiger partial charge in [-0.3, -0.25) is 0 Å². The number of hydrogen-bond acceptors (Lipinski definition) is 5. The standard InChI is InChI=1S/C6H8N4S/c7-5-1-3-10(9-5)6-8-2-4-11-6/h2,4H,1,3H2,(H2,7,9). The van der Waals surface area contributed by atoms with E-state index in [0.29, 0.717) is 5.84 Å². The summed E-state index contributed by atoms with van der Waals surface area (Å²) in [6, 6.07) is 0. The van der Waals surface area contributed by atoms with Crippen molar-refractivity contribution in [2.24, 2.45) is 10.8 Å². The monoisotopic (exact) mass is 168 g/mol. The Morgan fingerprint density at radius 2 is 2.55 bits per heavy atom. The van der Waals surface area contributed by atoms with Crippen molar-refractivity contribution < 1.29 is 0 Å². The molecule has 0 aromatic carbocycles. The number of thiazole rings is 1. The van der Waals surface area contributed by atoms with Crippen LogP contribution in [0.5, 0.6) is 0 Å². The van der Waals surface area contributed by atoms with Crippen LogP contribution in [0.1, 0.15) is 6.42 Å². The summed E-state index contributed by atoms with van der Waals surface area (Å²) in [4.78, 5) is 4.11. The van der Waals surface area contributed by atoms with Gasteiger partial charge in [0.15, 0.2) is 0 Å². The molecule has 0 atom stereocenters. The highest BCUT2D eigenvalue weighted by atomic mass is 32.1. The summed E-state index contributed by atoms with van der Waals surface area (Å²) in [5.41, 5.74) is 5.52. The van der Waals surface area contributed by atoms with Gasteiger partial charge in [-0.15, -0.1) is 11.3 Å². The highest BCUT2D eigenvalue weighted by molar-refractivity contribution is 7.13. The number of hydrogen-bond donors (Lipinski definition) is 1. The summed E-state index contributed by atoms with van der Waals surface area (Å²) in [5, 5.41) is 8.79. The molecule has 0 amide bonds. The molecule has 1 aliphatic rings. The van der Waals surface area contributed by atoms with Crippen LogP contribution in [0.3, 0.4) is 0 Å². The molecule has 5 heteroatoms. The largest absolute Gasteiger partial charge is 0.386 e. The average molecular weight is 168 g/mol. The molecule has 0 saturated heterocycles. The first-order valence-corrected chi connectivity index (χ1v) is 4.24. The minimum atomic E-state index is 0.695. The summed E-state index contributed by atoms with van der Waals surface area (Å²) in [6.07, 6.45) is 2.61. The quantitative estimate of drug-likeness (QED) is 0.669. The van der Waals surface area contributed by atoms with Crippen LogP contribution in [0.15, 0.2) is 16.7 Å². The SMILES string of the molecule is NC1=NN(c2nccs2)CC1. The fourth-order valence-corrected chi connectivity index (χ4v) is 1.58. The van der Waals surface area contributed by atoms with Crippen LogP contribution < -0.4 is 10.7 Å². The molecule has 1 aromatic rings. The molecule has 4 nitrogen and oxygen atoms in total. The Morgan fingerprint density at radius 3 is 3.09 bits per heavy atom. The number of aromatic nitrogens is 1. The Balaban J connectivity index is 2.20. The summed E-state index contributed by atoms with van der Waals surface area (Å²) in [6.45, 7) is 0.860. The van der Waals surface area contributed by atoms with E-state index in [0.717, 1.165) is 18.1 Å². The topological polar surface area (TPSA) is 54.5 Å². The van der Waals surface area contributed by atoms with Gasteiger partial charge in [0.1, 0.15) is 5.84 Å². The smallest absolute Gasteiger partial charge is 0.205 e. The van der Waals surface area contributed by atoms with Crippen LogP contribution in [0, 0.1) is 0 Å². The van der Waals surface area contributed by atoms with E-state index < -0.39 is 0 Å². The van der Waals surface area contributed by atoms with Gasteiger partial charge in [0.05, 0.1) is 6.54 Å². The van der Waals surface area contributed by atoms with Crippen molar-refractivity contribution in [3.05, 3.63) is 11.6 Å². The maximum atomic E-state index is 5.52. The van der Waals surface area contributed by atoms with Crippen molar-refractivity contribution in [2.45, 2.75) is 6.42 Å². The molecule has 0 saturated carbocycles. The molecule has 0 aliphatic carbocycles. The van der Waals surface area contributed by atoms with Crippen LogP contribution in [0.25, 0.3) is 0 Å². The lowest BCUT2D eigenvalue weighted by Gasteiger charge is -2.06. The molecule has 2 N–H and O–H groups in total. The second-order valence-corrected chi connectivity index (χ2v) is 3.15. The zero-order valence-electron chi connectivity index (χ0n) is 5.90. The Labute approximate surface area is 68.3 Å². The van der Waals surface area contributed by atoms with Crippen molar-refractivity contribution in [3.63, 3.8) is 0 Å². The molecule has 2 heterocycles. The summed E-state index contributed by atoms with van der Waals surface area (Å²) < 4.78 is 0. The number of anilines is 1. The van der Waals surface area contributed by atoms with Gasteiger partial charge in [-0.05, 0) is 0 Å². The highest BCUT2D eigenvalue weighted by Gasteiger charge is 2.14. The predicted molar refractivity (Wildman–Crippen MR) is 45.7 cm³/mol. The zero-order valence-corrected chi connectivity index (χ0v) is 6.71. The molecule has 58 valence electrons. The van der Waals surface area contributed by atoms with E-state index in [9.17, 15) is 0 Å². The first kappa shape index (κ1) is 6.60. The predicted octanol–water partition coefficient (Wildman–Crippen LogP) is 0.625. The molecule has 11 heavy (non-hydrogen) atoms. The van der Waals surface area contributed by atoms with Crippen molar-refractivity contribution in [2.75, 3.05) is 11.6 Å². The van der Waals surface area contributed by atoms with Crippen LogP contribution in [0.2, 0.25) is 0 Å². The van der Waals surface area contributed by atoms with E-state index in [1.807, 2.05) is 10.4 Å². The van der Waals surface area contributed by atoms with Gasteiger partial charge in [-0.2, -0.15) is 5.10 Å². The van der Waals surface area contributed by atoms with Gasteiger partial charge < -0.3 is 5.73 Å². The van der Waals surface area contributed by atoms with Crippen molar-refractivity contribution >= 4 is 22.3 Å². The van der Waals surface area contributed by atoms with Gasteiger partial charge in [0.2, 0.25) is 5.13 Å². The third kappa shape index (κ3) is 1.19. The van der Waals surface area contributed by atoms with E-state index in [-0.39, 0.29) is 0 Å². The van der Waals surface area contributed by atoms with Crippen molar-refractivity contribution in [3.8, 4) is 0 Å². The number of nitrogens with two attached hydrogens (primary N) is 1. The van der Waals surface area contributed by atoms with Gasteiger partial charge in [-0.25, -0.2) is 9.99 Å². The second-order valence-electron chi connectivity index (χ2n) is 2.28. The summed E-state index contributed by atoms with van der Waals surface area (Å²) in [5.74, 6) is 0.695. The van der Waals surface area contributed by atoms with E-state index in [2.05, 4.69) is 10.1 Å². The van der Waals surface area contributed by atoms with Gasteiger partial charge >= 0.3 is 0 Å². The second kappa shape index (κ2) is 2.50. The van der Waals surface area contributed by atoms with Crippen LogP contribution in [-0.2, 0) is 0 Å². The minimum absolute atomic E-state index is 0.695. The molecule has 0 unspecified atom stereocenters. The fraction of sp³-hybridized carbons (Fsp3) is 0.333. The van der Waals surface area contributed by atoms with Crippen LogP contribution >= 0.6 is 11.3 Å². The van der Waals surface area contributed by atoms with E-state index in [1.54, 1.807) is 17.5 Å². The molecule has 0 fully saturated rings. The number of rotatable bonds is 1. The number of nitrogens with zero attached hydrogens (tertiary/aromatic N) is 3. The zero-order chi connectivity index (χ0) is 7.68. The Hall–Kier alpha value is -1.10. The molecule has 1 aromatic heterocycles. The lowest BCUT2D eigenvalue weighted by molar-refractivity contribution is 0.913. The van der Waals surface area contributed by atoms with Crippen molar-refractivity contribution in [1.29, 1.82) is 0 Å². The first-order chi connectivity index (χ1) is 5.36. The first-order valence-electron chi connectivity index (χ1n) is 3.36. The molecule has 0 bridgehead atoms. The Morgan fingerprint density at radius 1 is 1.64 bits per heavy atom. The molecular weight excluding hydrogens is 160 g/mol. The maximum absolute atomic E-state index is 5.52. The van der Waals surface area contributed by atoms with Gasteiger partial charge in [0, 0.05) is 18.0 Å². The molecular formula is C6H8N4S. The summed E-state index contributed by atoms with van der Waals surface area (Å²) >= 11 is 1.57.